The molecule has 1 atom stereocenters. The Balaban J connectivity index is 2.39. The number of amides is 1. The normalized spacial score (nSPS) is 26.1. The first kappa shape index (κ1) is 6.39. The van der Waals surface area contributed by atoms with Crippen LogP contribution in [-0.4, -0.2) is 18.7 Å². The summed E-state index contributed by atoms with van der Waals surface area (Å²) in [5.74, 6) is 0.413. The summed E-state index contributed by atoms with van der Waals surface area (Å²) in [5.41, 5.74) is 0. The lowest BCUT2D eigenvalue weighted by molar-refractivity contribution is 0.175. The van der Waals surface area contributed by atoms with Crippen LogP contribution in [0.3, 0.4) is 0 Å². The Morgan fingerprint density at radius 2 is 2.44 bits per heavy atom. The minimum atomic E-state index is -0.409. The first-order chi connectivity index (χ1) is 4.20. The molecule has 0 N–H and O–H groups in total. The molecule has 1 radical (unpaired) electrons. The number of hydrogen-bond donors (Lipinski definition) is 0. The standard InChI is InChI=1S/C6H10NO2/c1-4(2)5-3-9-6(8)7-5/h4-5H,3H2,1-2H3/t5-/m1/s1. The molecule has 3 nitrogen and oxygen atoms in total. The van der Waals surface area contributed by atoms with Gasteiger partial charge in [-0.05, 0) is 5.92 Å². The molecule has 1 aliphatic heterocycles. The van der Waals surface area contributed by atoms with Crippen LogP contribution < -0.4 is 5.32 Å². The lowest BCUT2D eigenvalue weighted by Gasteiger charge is -2.06. The number of ether oxygens (including phenoxy) is 1. The Hall–Kier alpha value is -0.730. The maximum absolute atomic E-state index is 10.4. The van der Waals surface area contributed by atoms with Crippen molar-refractivity contribution in [3.8, 4) is 0 Å². The van der Waals surface area contributed by atoms with Crippen LogP contribution in [0, 0.1) is 5.92 Å². The number of carbonyl (C=O) groups excluding carboxylic acids is 1. The highest BCUT2D eigenvalue weighted by atomic mass is 16.6. The zero-order chi connectivity index (χ0) is 6.85. The minimum absolute atomic E-state index is 0.0949. The summed E-state index contributed by atoms with van der Waals surface area (Å²) in [4.78, 5) is 10.4. The van der Waals surface area contributed by atoms with Crippen molar-refractivity contribution in [2.75, 3.05) is 6.61 Å². The van der Waals surface area contributed by atoms with Crippen molar-refractivity contribution in [3.63, 3.8) is 0 Å². The highest BCUT2D eigenvalue weighted by molar-refractivity contribution is 5.69. The summed E-state index contributed by atoms with van der Waals surface area (Å²) in [7, 11) is 0. The zero-order valence-electron chi connectivity index (χ0n) is 5.63. The Labute approximate surface area is 54.4 Å². The van der Waals surface area contributed by atoms with Gasteiger partial charge in [0, 0.05) is 0 Å². The van der Waals surface area contributed by atoms with Crippen LogP contribution in [0.15, 0.2) is 0 Å². The van der Waals surface area contributed by atoms with Gasteiger partial charge >= 0.3 is 6.09 Å². The van der Waals surface area contributed by atoms with E-state index in [1.807, 2.05) is 13.8 Å². The van der Waals surface area contributed by atoms with Gasteiger partial charge in [-0.15, -0.1) is 0 Å². The number of nitrogens with zero attached hydrogens (tertiary/aromatic N) is 1. The molecule has 9 heavy (non-hydrogen) atoms. The van der Waals surface area contributed by atoms with E-state index in [1.165, 1.54) is 0 Å². The third-order valence-electron chi connectivity index (χ3n) is 1.42. The van der Waals surface area contributed by atoms with Crippen molar-refractivity contribution in [1.82, 2.24) is 5.32 Å². The van der Waals surface area contributed by atoms with E-state index in [0.717, 1.165) is 0 Å². The molecular weight excluding hydrogens is 118 g/mol. The first-order valence-electron chi connectivity index (χ1n) is 3.08. The van der Waals surface area contributed by atoms with Gasteiger partial charge in [0.25, 0.3) is 0 Å². The lowest BCUT2D eigenvalue weighted by atomic mass is 10.1. The summed E-state index contributed by atoms with van der Waals surface area (Å²) in [6, 6.07) is 0.0949. The molecule has 0 spiro atoms. The van der Waals surface area contributed by atoms with Crippen molar-refractivity contribution in [1.29, 1.82) is 0 Å². The maximum atomic E-state index is 10.4. The van der Waals surface area contributed by atoms with E-state index in [0.29, 0.717) is 12.5 Å². The second-order valence-corrected chi connectivity index (χ2v) is 2.52. The van der Waals surface area contributed by atoms with E-state index in [2.05, 4.69) is 10.1 Å². The molecule has 3 heteroatoms. The fourth-order valence-electron chi connectivity index (χ4n) is 0.708. The molecule has 51 valence electrons. The van der Waals surface area contributed by atoms with Gasteiger partial charge in [-0.3, -0.25) is 0 Å². The van der Waals surface area contributed by atoms with Crippen LogP contribution in [0.4, 0.5) is 4.79 Å². The smallest absolute Gasteiger partial charge is 0.429 e. The molecule has 0 bridgehead atoms. The zero-order valence-corrected chi connectivity index (χ0v) is 5.63. The Bertz CT molecular complexity index is 122. The molecule has 1 aliphatic rings. The predicted molar refractivity (Wildman–Crippen MR) is 32.1 cm³/mol. The molecule has 0 aromatic carbocycles. The Kier molecular flexibility index (Phi) is 1.60. The van der Waals surface area contributed by atoms with E-state index < -0.39 is 6.09 Å². The molecule has 0 unspecified atom stereocenters. The number of hydrogen-bond acceptors (Lipinski definition) is 2. The van der Waals surface area contributed by atoms with Crippen molar-refractivity contribution >= 4 is 6.09 Å². The van der Waals surface area contributed by atoms with E-state index in [4.69, 9.17) is 0 Å². The summed E-state index contributed by atoms with van der Waals surface area (Å²) in [6.45, 7) is 4.52. The highest BCUT2D eigenvalue weighted by Crippen LogP contribution is 2.09. The maximum Gasteiger partial charge on any atom is 0.429 e. The number of rotatable bonds is 1. The average molecular weight is 128 g/mol. The van der Waals surface area contributed by atoms with Gasteiger partial charge in [0.15, 0.2) is 0 Å². The summed E-state index contributed by atoms with van der Waals surface area (Å²) in [5, 5.41) is 3.73. The SMILES string of the molecule is CC(C)[C@H]1COC(=O)[N]1. The van der Waals surface area contributed by atoms with Crippen LogP contribution in [0.25, 0.3) is 0 Å². The molecule has 1 fully saturated rings. The molecule has 0 aromatic heterocycles. The topological polar surface area (TPSA) is 40.4 Å². The van der Waals surface area contributed by atoms with Gasteiger partial charge in [0.05, 0.1) is 6.04 Å². The molecule has 0 aliphatic carbocycles. The van der Waals surface area contributed by atoms with Gasteiger partial charge < -0.3 is 4.74 Å². The van der Waals surface area contributed by atoms with Gasteiger partial charge in [-0.1, -0.05) is 13.8 Å². The summed E-state index contributed by atoms with van der Waals surface area (Å²) in [6.07, 6.45) is -0.409. The number of carbonyl (C=O) groups is 1. The Morgan fingerprint density at radius 3 is 2.67 bits per heavy atom. The van der Waals surface area contributed by atoms with E-state index in [9.17, 15) is 4.79 Å². The molecular formula is C6H10NO2. The summed E-state index contributed by atoms with van der Waals surface area (Å²) < 4.78 is 4.62. The second kappa shape index (κ2) is 2.25. The second-order valence-electron chi connectivity index (χ2n) is 2.52. The van der Waals surface area contributed by atoms with Gasteiger partial charge in [0.2, 0.25) is 0 Å². The third kappa shape index (κ3) is 1.34. The van der Waals surface area contributed by atoms with E-state index in [1.54, 1.807) is 0 Å². The molecule has 1 heterocycles. The van der Waals surface area contributed by atoms with Crippen molar-refractivity contribution < 1.29 is 9.53 Å². The minimum Gasteiger partial charge on any atom is -0.446 e. The van der Waals surface area contributed by atoms with Gasteiger partial charge in [-0.25, -0.2) is 10.1 Å². The quantitative estimate of drug-likeness (QED) is 0.523. The van der Waals surface area contributed by atoms with Crippen molar-refractivity contribution in [2.45, 2.75) is 19.9 Å². The predicted octanol–water partition coefficient (Wildman–Crippen LogP) is 0.766. The molecule has 0 saturated carbocycles. The molecule has 0 aromatic rings. The highest BCUT2D eigenvalue weighted by Gasteiger charge is 2.26. The van der Waals surface area contributed by atoms with E-state index in [-0.39, 0.29) is 6.04 Å². The van der Waals surface area contributed by atoms with Crippen molar-refractivity contribution in [3.05, 3.63) is 0 Å². The van der Waals surface area contributed by atoms with Gasteiger partial charge in [0.1, 0.15) is 6.61 Å². The Morgan fingerprint density at radius 1 is 1.78 bits per heavy atom. The van der Waals surface area contributed by atoms with Crippen LogP contribution in [0.1, 0.15) is 13.8 Å². The van der Waals surface area contributed by atoms with E-state index >= 15 is 0 Å². The third-order valence-corrected chi connectivity index (χ3v) is 1.42. The van der Waals surface area contributed by atoms with Crippen LogP contribution in [0.2, 0.25) is 0 Å². The summed E-state index contributed by atoms with van der Waals surface area (Å²) >= 11 is 0. The van der Waals surface area contributed by atoms with Gasteiger partial charge in [-0.2, -0.15) is 0 Å². The fraction of sp³-hybridized carbons (Fsp3) is 0.833. The largest absolute Gasteiger partial charge is 0.446 e. The number of cyclic esters (lactones) is 1. The van der Waals surface area contributed by atoms with Crippen LogP contribution in [-0.2, 0) is 4.74 Å². The molecule has 1 amide bonds. The lowest BCUT2D eigenvalue weighted by Crippen LogP contribution is -2.24. The monoisotopic (exact) mass is 128 g/mol. The van der Waals surface area contributed by atoms with Crippen LogP contribution >= 0.6 is 0 Å². The molecule has 1 rings (SSSR count). The molecule has 1 saturated heterocycles. The average Bonchev–Trinajstić information content (AvgIpc) is 2.14. The first-order valence-corrected chi connectivity index (χ1v) is 3.08. The van der Waals surface area contributed by atoms with Crippen molar-refractivity contribution in [2.24, 2.45) is 5.92 Å². The fourth-order valence-corrected chi connectivity index (χ4v) is 0.708. The van der Waals surface area contributed by atoms with Crippen LogP contribution in [0.5, 0.6) is 0 Å².